The Bertz CT molecular complexity index is 691. The van der Waals surface area contributed by atoms with Crippen LogP contribution in [0.15, 0.2) is 9.95 Å². The van der Waals surface area contributed by atoms with Crippen molar-refractivity contribution in [2.75, 3.05) is 6.26 Å². The fourth-order valence-electron chi connectivity index (χ4n) is 2.38. The summed E-state index contributed by atoms with van der Waals surface area (Å²) in [5, 5.41) is 1.54. The summed E-state index contributed by atoms with van der Waals surface area (Å²) >= 11 is 5.18. The van der Waals surface area contributed by atoms with E-state index < -0.39 is 0 Å². The van der Waals surface area contributed by atoms with Gasteiger partial charge >= 0.3 is 0 Å². The van der Waals surface area contributed by atoms with E-state index in [0.717, 1.165) is 28.8 Å². The van der Waals surface area contributed by atoms with Gasteiger partial charge in [-0.15, -0.1) is 23.1 Å². The predicted octanol–water partition coefficient (Wildman–Crippen LogP) is 3.66. The number of aromatic amines is 1. The first-order valence-corrected chi connectivity index (χ1v) is 9.31. The average Bonchev–Trinajstić information content (AvgIpc) is 2.76. The molecular formula is C13H16N2OS3. The summed E-state index contributed by atoms with van der Waals surface area (Å²) in [5.74, 6) is 1.01. The number of nitrogens with one attached hydrogen (secondary N) is 1. The number of nitrogens with zero attached hydrogens (tertiary/aromatic N) is 1. The van der Waals surface area contributed by atoms with Crippen LogP contribution in [0.2, 0.25) is 0 Å². The van der Waals surface area contributed by atoms with Gasteiger partial charge in [-0.3, -0.25) is 4.79 Å². The lowest BCUT2D eigenvalue weighted by molar-refractivity contribution is 0.611. The van der Waals surface area contributed by atoms with Crippen LogP contribution in [0.1, 0.15) is 30.7 Å². The zero-order chi connectivity index (χ0) is 13.6. The Morgan fingerprint density at radius 1 is 1.53 bits per heavy atom. The zero-order valence-corrected chi connectivity index (χ0v) is 13.7. The highest BCUT2D eigenvalue weighted by Gasteiger charge is 2.32. The summed E-state index contributed by atoms with van der Waals surface area (Å²) < 4.78 is 0.256. The van der Waals surface area contributed by atoms with Gasteiger partial charge in [0.1, 0.15) is 4.83 Å². The summed E-state index contributed by atoms with van der Waals surface area (Å²) in [6.07, 6.45) is 4.04. The van der Waals surface area contributed by atoms with Crippen molar-refractivity contribution in [3.8, 4) is 0 Å². The van der Waals surface area contributed by atoms with Gasteiger partial charge in [0.15, 0.2) is 5.16 Å². The number of thiophene rings is 1. The van der Waals surface area contributed by atoms with Crippen molar-refractivity contribution in [2.45, 2.75) is 42.3 Å². The lowest BCUT2D eigenvalue weighted by Gasteiger charge is -2.31. The summed E-state index contributed by atoms with van der Waals surface area (Å²) in [6, 6.07) is 0. The van der Waals surface area contributed by atoms with Crippen molar-refractivity contribution < 1.29 is 0 Å². The largest absolute Gasteiger partial charge is 0.301 e. The third-order valence-corrected chi connectivity index (χ3v) is 7.22. The maximum Gasteiger partial charge on any atom is 0.260 e. The number of H-pyrrole nitrogens is 1. The van der Waals surface area contributed by atoms with Gasteiger partial charge in [0, 0.05) is 15.4 Å². The van der Waals surface area contributed by atoms with Crippen LogP contribution in [0, 0.1) is 0 Å². The van der Waals surface area contributed by atoms with Crippen LogP contribution in [0.3, 0.4) is 0 Å². The normalized spacial score (nSPS) is 22.7. The minimum Gasteiger partial charge on any atom is -0.301 e. The number of thioether (sulfide) groups is 2. The third kappa shape index (κ3) is 2.23. The molecule has 0 radical (unpaired) electrons. The molecule has 2 aromatic rings. The molecule has 3 nitrogen and oxygen atoms in total. The SMILES string of the molecule is CC[C@]1(C)Cc2c(sc3nc(SC)[nH]c(=O)c23)CS1. The molecule has 1 atom stereocenters. The van der Waals surface area contributed by atoms with Gasteiger partial charge in [0.2, 0.25) is 0 Å². The van der Waals surface area contributed by atoms with Crippen LogP contribution in [-0.2, 0) is 12.2 Å². The quantitative estimate of drug-likeness (QED) is 0.679. The highest BCUT2D eigenvalue weighted by atomic mass is 32.2. The molecule has 0 bridgehead atoms. The van der Waals surface area contributed by atoms with Crippen molar-refractivity contribution in [1.29, 1.82) is 0 Å². The van der Waals surface area contributed by atoms with Crippen molar-refractivity contribution in [3.05, 3.63) is 20.8 Å². The smallest absolute Gasteiger partial charge is 0.260 e. The van der Waals surface area contributed by atoms with Crippen molar-refractivity contribution in [1.82, 2.24) is 9.97 Å². The van der Waals surface area contributed by atoms with E-state index in [9.17, 15) is 4.79 Å². The Hall–Kier alpha value is -0.460. The maximum atomic E-state index is 12.3. The Morgan fingerprint density at radius 2 is 2.32 bits per heavy atom. The maximum absolute atomic E-state index is 12.3. The van der Waals surface area contributed by atoms with Crippen LogP contribution in [0.4, 0.5) is 0 Å². The molecule has 1 N–H and O–H groups in total. The first-order chi connectivity index (χ1) is 9.06. The summed E-state index contributed by atoms with van der Waals surface area (Å²) in [6.45, 7) is 4.52. The number of fused-ring (bicyclic) bond motifs is 3. The lowest BCUT2D eigenvalue weighted by atomic mass is 9.96. The van der Waals surface area contributed by atoms with E-state index in [2.05, 4.69) is 23.8 Å². The van der Waals surface area contributed by atoms with E-state index in [4.69, 9.17) is 0 Å². The van der Waals surface area contributed by atoms with Gasteiger partial charge in [-0.2, -0.15) is 0 Å². The molecule has 19 heavy (non-hydrogen) atoms. The average molecular weight is 312 g/mol. The van der Waals surface area contributed by atoms with E-state index in [0.29, 0.717) is 5.16 Å². The zero-order valence-electron chi connectivity index (χ0n) is 11.2. The van der Waals surface area contributed by atoms with Gasteiger partial charge in [0.05, 0.1) is 5.39 Å². The third-order valence-electron chi connectivity index (χ3n) is 3.77. The minimum absolute atomic E-state index is 0.0252. The molecule has 0 aliphatic carbocycles. The van der Waals surface area contributed by atoms with E-state index in [1.54, 1.807) is 11.3 Å². The second-order valence-corrected chi connectivity index (χ2v) is 8.47. The van der Waals surface area contributed by atoms with E-state index in [1.807, 2.05) is 18.0 Å². The number of hydrogen-bond acceptors (Lipinski definition) is 5. The van der Waals surface area contributed by atoms with Crippen LogP contribution in [0.25, 0.3) is 10.2 Å². The highest BCUT2D eigenvalue weighted by molar-refractivity contribution is 8.00. The molecule has 0 saturated carbocycles. The highest BCUT2D eigenvalue weighted by Crippen LogP contribution is 2.45. The Balaban J connectivity index is 2.21. The molecule has 0 fully saturated rings. The van der Waals surface area contributed by atoms with Crippen molar-refractivity contribution in [2.24, 2.45) is 0 Å². The van der Waals surface area contributed by atoms with Gasteiger partial charge in [-0.25, -0.2) is 4.98 Å². The molecule has 0 unspecified atom stereocenters. The molecule has 6 heteroatoms. The van der Waals surface area contributed by atoms with Crippen LogP contribution in [0.5, 0.6) is 0 Å². The molecule has 1 aliphatic heterocycles. The predicted molar refractivity (Wildman–Crippen MR) is 85.7 cm³/mol. The van der Waals surface area contributed by atoms with Crippen LogP contribution < -0.4 is 5.56 Å². The summed E-state index contributed by atoms with van der Waals surface area (Å²) in [5.41, 5.74) is 1.27. The Kier molecular flexibility index (Phi) is 3.43. The fraction of sp³-hybridized carbons (Fsp3) is 0.538. The standard InChI is InChI=1S/C13H16N2OS3/c1-4-13(2)5-7-8(6-18-13)19-11-9(7)10(16)14-12(15-11)17-3/h4-6H2,1-3H3,(H,14,15,16)/t13-/m1/s1. The first-order valence-electron chi connectivity index (χ1n) is 6.29. The second-order valence-electron chi connectivity index (χ2n) is 5.03. The summed E-state index contributed by atoms with van der Waals surface area (Å²) in [7, 11) is 0. The van der Waals surface area contributed by atoms with Gasteiger partial charge in [-0.1, -0.05) is 25.6 Å². The van der Waals surface area contributed by atoms with Crippen LogP contribution in [-0.4, -0.2) is 21.0 Å². The van der Waals surface area contributed by atoms with E-state index in [-0.39, 0.29) is 10.3 Å². The lowest BCUT2D eigenvalue weighted by Crippen LogP contribution is -2.26. The molecular weight excluding hydrogens is 296 g/mol. The molecule has 0 saturated heterocycles. The molecule has 102 valence electrons. The first kappa shape index (κ1) is 13.5. The molecule has 1 aliphatic rings. The Labute approximate surface area is 124 Å². The second kappa shape index (κ2) is 4.82. The summed E-state index contributed by atoms with van der Waals surface area (Å²) in [4.78, 5) is 21.9. The van der Waals surface area contributed by atoms with E-state index in [1.165, 1.54) is 22.2 Å². The van der Waals surface area contributed by atoms with Crippen LogP contribution >= 0.6 is 34.9 Å². The number of hydrogen-bond donors (Lipinski definition) is 1. The number of rotatable bonds is 2. The number of aromatic nitrogens is 2. The topological polar surface area (TPSA) is 45.8 Å². The molecule has 0 amide bonds. The molecule has 3 heterocycles. The Morgan fingerprint density at radius 3 is 3.00 bits per heavy atom. The molecule has 2 aromatic heterocycles. The van der Waals surface area contributed by atoms with Crippen molar-refractivity contribution in [3.63, 3.8) is 0 Å². The minimum atomic E-state index is 0.0252. The molecule has 0 spiro atoms. The van der Waals surface area contributed by atoms with Gasteiger partial charge in [-0.05, 0) is 24.7 Å². The van der Waals surface area contributed by atoms with Gasteiger partial charge in [0.25, 0.3) is 5.56 Å². The monoisotopic (exact) mass is 312 g/mol. The molecule has 0 aromatic carbocycles. The van der Waals surface area contributed by atoms with Gasteiger partial charge < -0.3 is 4.98 Å². The van der Waals surface area contributed by atoms with E-state index >= 15 is 0 Å². The van der Waals surface area contributed by atoms with Crippen molar-refractivity contribution >= 4 is 45.1 Å². The fourth-order valence-corrected chi connectivity index (χ4v) is 5.32. The molecule has 3 rings (SSSR count).